The van der Waals surface area contributed by atoms with Gasteiger partial charge in [0.1, 0.15) is 0 Å². The number of likely N-dealkylation sites (tertiary alicyclic amines) is 1. The maximum Gasteiger partial charge on any atom is 0.257 e. The van der Waals surface area contributed by atoms with Crippen molar-refractivity contribution in [1.29, 1.82) is 0 Å². The first-order valence-electron chi connectivity index (χ1n) is 8.68. The first-order valence-corrected chi connectivity index (χ1v) is 8.68. The standard InChI is InChI=1S/C18H21N5O3/c1-19-17(25)18-4-6-26-11-14(18)10-22(12-18)16(24)13-7-21-23(9-13)15-3-2-5-20-8-15/h2-3,5,7-9,14H,4,6,10-12H2,1H3,(H,19,25)/t14-,18+/m1/s1. The Morgan fingerprint density at radius 1 is 1.38 bits per heavy atom. The zero-order chi connectivity index (χ0) is 18.1. The van der Waals surface area contributed by atoms with Gasteiger partial charge in [-0.25, -0.2) is 4.68 Å². The molecule has 2 aromatic rings. The summed E-state index contributed by atoms with van der Waals surface area (Å²) in [4.78, 5) is 31.3. The van der Waals surface area contributed by atoms with Gasteiger partial charge in [0.2, 0.25) is 5.91 Å². The fourth-order valence-corrected chi connectivity index (χ4v) is 3.97. The summed E-state index contributed by atoms with van der Waals surface area (Å²) < 4.78 is 7.18. The summed E-state index contributed by atoms with van der Waals surface area (Å²) in [6.07, 6.45) is 7.26. The molecule has 0 spiro atoms. The molecule has 0 unspecified atom stereocenters. The lowest BCUT2D eigenvalue weighted by Gasteiger charge is -2.36. The number of nitrogens with zero attached hydrogens (tertiary/aromatic N) is 4. The molecule has 0 aromatic carbocycles. The molecule has 8 nitrogen and oxygen atoms in total. The van der Waals surface area contributed by atoms with Crippen LogP contribution in [-0.4, -0.2) is 64.8 Å². The summed E-state index contributed by atoms with van der Waals surface area (Å²) in [5.41, 5.74) is 0.736. The number of carbonyl (C=O) groups excluding carboxylic acids is 2. The van der Waals surface area contributed by atoms with Crippen LogP contribution in [0.4, 0.5) is 0 Å². The van der Waals surface area contributed by atoms with Gasteiger partial charge in [0.15, 0.2) is 0 Å². The SMILES string of the molecule is CNC(=O)[C@]12CCOC[C@H]1CN(C(=O)c1cnn(-c3cccnc3)c1)C2. The van der Waals surface area contributed by atoms with Gasteiger partial charge in [-0.05, 0) is 18.6 Å². The molecule has 2 saturated heterocycles. The van der Waals surface area contributed by atoms with Crippen LogP contribution >= 0.6 is 0 Å². The van der Waals surface area contributed by atoms with Crippen LogP contribution in [0.15, 0.2) is 36.9 Å². The molecule has 2 aliphatic heterocycles. The highest BCUT2D eigenvalue weighted by Gasteiger charge is 2.54. The van der Waals surface area contributed by atoms with Gasteiger partial charge in [0.25, 0.3) is 5.91 Å². The monoisotopic (exact) mass is 355 g/mol. The van der Waals surface area contributed by atoms with Crippen LogP contribution in [0.25, 0.3) is 5.69 Å². The van der Waals surface area contributed by atoms with Crippen LogP contribution in [0.2, 0.25) is 0 Å². The highest BCUT2D eigenvalue weighted by molar-refractivity contribution is 5.95. The maximum absolute atomic E-state index is 13.0. The lowest BCUT2D eigenvalue weighted by molar-refractivity contribution is -0.138. The second kappa shape index (κ2) is 6.53. The first kappa shape index (κ1) is 16.7. The molecule has 26 heavy (non-hydrogen) atoms. The van der Waals surface area contributed by atoms with Crippen LogP contribution in [0.1, 0.15) is 16.8 Å². The van der Waals surface area contributed by atoms with Crippen molar-refractivity contribution in [3.05, 3.63) is 42.5 Å². The Morgan fingerprint density at radius 2 is 2.27 bits per heavy atom. The Balaban J connectivity index is 1.56. The van der Waals surface area contributed by atoms with Crippen LogP contribution in [0.3, 0.4) is 0 Å². The Hall–Kier alpha value is -2.74. The first-order chi connectivity index (χ1) is 12.6. The summed E-state index contributed by atoms with van der Waals surface area (Å²) in [7, 11) is 1.64. The smallest absolute Gasteiger partial charge is 0.257 e. The van der Waals surface area contributed by atoms with Crippen molar-refractivity contribution in [2.45, 2.75) is 6.42 Å². The van der Waals surface area contributed by atoms with E-state index in [1.807, 2.05) is 12.1 Å². The van der Waals surface area contributed by atoms with E-state index in [1.165, 1.54) is 0 Å². The van der Waals surface area contributed by atoms with E-state index >= 15 is 0 Å². The minimum atomic E-state index is -0.554. The molecule has 0 bridgehead atoms. The van der Waals surface area contributed by atoms with Gasteiger partial charge in [-0.15, -0.1) is 0 Å². The predicted octanol–water partition coefficient (Wildman–Crippen LogP) is 0.492. The lowest BCUT2D eigenvalue weighted by Crippen LogP contribution is -2.49. The van der Waals surface area contributed by atoms with Crippen LogP contribution in [0, 0.1) is 11.3 Å². The molecule has 2 fully saturated rings. The van der Waals surface area contributed by atoms with Gasteiger partial charge >= 0.3 is 0 Å². The minimum absolute atomic E-state index is 0.00726. The van der Waals surface area contributed by atoms with Crippen molar-refractivity contribution >= 4 is 11.8 Å². The van der Waals surface area contributed by atoms with E-state index in [9.17, 15) is 9.59 Å². The van der Waals surface area contributed by atoms with Crippen LogP contribution < -0.4 is 5.32 Å². The molecular formula is C18H21N5O3. The van der Waals surface area contributed by atoms with Gasteiger partial charge in [-0.2, -0.15) is 5.10 Å². The average molecular weight is 355 g/mol. The number of hydrogen-bond donors (Lipinski definition) is 1. The molecule has 2 aliphatic rings. The van der Waals surface area contributed by atoms with E-state index in [2.05, 4.69) is 15.4 Å². The molecular weight excluding hydrogens is 334 g/mol. The molecule has 2 aromatic heterocycles. The number of aromatic nitrogens is 3. The molecule has 1 N–H and O–H groups in total. The molecule has 2 amide bonds. The predicted molar refractivity (Wildman–Crippen MR) is 92.7 cm³/mol. The van der Waals surface area contributed by atoms with Crippen molar-refractivity contribution in [2.75, 3.05) is 33.4 Å². The Kier molecular flexibility index (Phi) is 4.20. The Morgan fingerprint density at radius 3 is 3.04 bits per heavy atom. The third-order valence-corrected chi connectivity index (χ3v) is 5.41. The molecule has 0 aliphatic carbocycles. The van der Waals surface area contributed by atoms with E-state index in [0.717, 1.165) is 5.69 Å². The van der Waals surface area contributed by atoms with Gasteiger partial charge in [0, 0.05) is 45.1 Å². The Labute approximate surface area is 151 Å². The number of fused-ring (bicyclic) bond motifs is 1. The van der Waals surface area contributed by atoms with Crippen molar-refractivity contribution < 1.29 is 14.3 Å². The largest absolute Gasteiger partial charge is 0.381 e. The highest BCUT2D eigenvalue weighted by atomic mass is 16.5. The number of rotatable bonds is 3. The minimum Gasteiger partial charge on any atom is -0.381 e. The zero-order valence-corrected chi connectivity index (χ0v) is 14.6. The lowest BCUT2D eigenvalue weighted by atomic mass is 9.73. The van der Waals surface area contributed by atoms with E-state index in [-0.39, 0.29) is 17.7 Å². The topological polar surface area (TPSA) is 89.4 Å². The normalized spacial score (nSPS) is 25.0. The molecule has 8 heteroatoms. The summed E-state index contributed by atoms with van der Waals surface area (Å²) in [5, 5.41) is 7.03. The van der Waals surface area contributed by atoms with Gasteiger partial charge in [-0.1, -0.05) is 0 Å². The number of amides is 2. The quantitative estimate of drug-likeness (QED) is 0.866. The molecule has 0 radical (unpaired) electrons. The molecule has 136 valence electrons. The summed E-state index contributed by atoms with van der Waals surface area (Å²) in [5.74, 6) is -0.0986. The number of nitrogens with one attached hydrogen (secondary N) is 1. The highest BCUT2D eigenvalue weighted by Crippen LogP contribution is 2.42. The van der Waals surface area contributed by atoms with E-state index in [1.54, 1.807) is 41.4 Å². The molecule has 4 heterocycles. The fraction of sp³-hybridized carbons (Fsp3) is 0.444. The second-order valence-corrected chi connectivity index (χ2v) is 6.83. The van der Waals surface area contributed by atoms with Gasteiger partial charge in [-0.3, -0.25) is 14.6 Å². The van der Waals surface area contributed by atoms with Crippen LogP contribution in [-0.2, 0) is 9.53 Å². The third kappa shape index (κ3) is 2.66. The Bertz CT molecular complexity index is 821. The molecule has 2 atom stereocenters. The maximum atomic E-state index is 13.0. The molecule has 0 saturated carbocycles. The van der Waals surface area contributed by atoms with Crippen molar-refractivity contribution in [1.82, 2.24) is 25.0 Å². The van der Waals surface area contributed by atoms with Crippen LogP contribution in [0.5, 0.6) is 0 Å². The van der Waals surface area contributed by atoms with E-state index in [4.69, 9.17) is 4.74 Å². The van der Waals surface area contributed by atoms with Crippen molar-refractivity contribution in [3.63, 3.8) is 0 Å². The third-order valence-electron chi connectivity index (χ3n) is 5.41. The van der Waals surface area contributed by atoms with Crippen molar-refractivity contribution in [3.8, 4) is 5.69 Å². The number of carbonyl (C=O) groups is 2. The fourth-order valence-electron chi connectivity index (χ4n) is 3.97. The summed E-state index contributed by atoms with van der Waals surface area (Å²) in [6.45, 7) is 1.99. The molecule has 4 rings (SSSR count). The average Bonchev–Trinajstić information content (AvgIpc) is 3.33. The number of hydrogen-bond acceptors (Lipinski definition) is 5. The van der Waals surface area contributed by atoms with Crippen molar-refractivity contribution in [2.24, 2.45) is 11.3 Å². The van der Waals surface area contributed by atoms with E-state index in [0.29, 0.717) is 38.3 Å². The second-order valence-electron chi connectivity index (χ2n) is 6.83. The zero-order valence-electron chi connectivity index (χ0n) is 14.6. The van der Waals surface area contributed by atoms with Gasteiger partial charge < -0.3 is 15.0 Å². The number of ether oxygens (including phenoxy) is 1. The summed E-state index contributed by atoms with van der Waals surface area (Å²) in [6, 6.07) is 3.69. The summed E-state index contributed by atoms with van der Waals surface area (Å²) >= 11 is 0. The number of pyridine rings is 1. The van der Waals surface area contributed by atoms with Gasteiger partial charge in [0.05, 0.1) is 35.7 Å². The van der Waals surface area contributed by atoms with E-state index < -0.39 is 5.41 Å².